The van der Waals surface area contributed by atoms with Crippen LogP contribution in [0.1, 0.15) is 37.8 Å². The van der Waals surface area contributed by atoms with E-state index in [0.717, 1.165) is 24.0 Å². The highest BCUT2D eigenvalue weighted by Crippen LogP contribution is 2.36. The van der Waals surface area contributed by atoms with E-state index in [1.54, 1.807) is 6.07 Å². The Labute approximate surface area is 101 Å². The predicted octanol–water partition coefficient (Wildman–Crippen LogP) is 2.83. The second-order valence-electron chi connectivity index (χ2n) is 4.96. The fourth-order valence-corrected chi connectivity index (χ4v) is 2.07. The molecule has 1 aromatic carbocycles. The van der Waals surface area contributed by atoms with Gasteiger partial charge in [0.05, 0.1) is 6.42 Å². The SMILES string of the molecule is CC(C)CCc1c(O)ccc2c1OC(=O)CC2. The first-order valence-electron chi connectivity index (χ1n) is 6.12. The molecule has 17 heavy (non-hydrogen) atoms. The third-order valence-corrected chi connectivity index (χ3v) is 3.10. The summed E-state index contributed by atoms with van der Waals surface area (Å²) in [4.78, 5) is 11.3. The maximum atomic E-state index is 11.3. The van der Waals surface area contributed by atoms with Crippen LogP contribution in [0.3, 0.4) is 0 Å². The lowest BCUT2D eigenvalue weighted by Crippen LogP contribution is -2.17. The number of esters is 1. The summed E-state index contributed by atoms with van der Waals surface area (Å²) in [6.45, 7) is 4.27. The molecule has 0 aromatic heterocycles. The van der Waals surface area contributed by atoms with E-state index in [9.17, 15) is 9.90 Å². The molecule has 1 aliphatic heterocycles. The molecule has 0 saturated carbocycles. The zero-order valence-corrected chi connectivity index (χ0v) is 10.3. The highest BCUT2D eigenvalue weighted by Gasteiger charge is 2.22. The minimum atomic E-state index is -0.200. The molecule has 0 unspecified atom stereocenters. The fourth-order valence-electron chi connectivity index (χ4n) is 2.07. The fraction of sp³-hybridized carbons (Fsp3) is 0.500. The second kappa shape index (κ2) is 4.78. The van der Waals surface area contributed by atoms with E-state index in [4.69, 9.17) is 4.74 Å². The van der Waals surface area contributed by atoms with E-state index >= 15 is 0 Å². The van der Waals surface area contributed by atoms with Crippen LogP contribution in [0.4, 0.5) is 0 Å². The van der Waals surface area contributed by atoms with Crippen molar-refractivity contribution in [2.45, 2.75) is 39.5 Å². The van der Waals surface area contributed by atoms with Gasteiger partial charge in [0.25, 0.3) is 0 Å². The molecule has 0 amide bonds. The Bertz CT molecular complexity index is 435. The number of hydrogen-bond donors (Lipinski definition) is 1. The molecule has 1 aromatic rings. The number of hydrogen-bond acceptors (Lipinski definition) is 3. The Morgan fingerprint density at radius 1 is 1.35 bits per heavy atom. The number of aromatic hydroxyl groups is 1. The van der Waals surface area contributed by atoms with E-state index in [-0.39, 0.29) is 11.7 Å². The van der Waals surface area contributed by atoms with E-state index in [0.29, 0.717) is 24.5 Å². The average molecular weight is 234 g/mol. The minimum Gasteiger partial charge on any atom is -0.508 e. The molecule has 0 bridgehead atoms. The molecule has 0 radical (unpaired) electrons. The van der Waals surface area contributed by atoms with Gasteiger partial charge in [-0.05, 0) is 36.8 Å². The first kappa shape index (κ1) is 12.0. The monoisotopic (exact) mass is 234 g/mol. The number of phenolic OH excluding ortho intramolecular Hbond substituents is 1. The van der Waals surface area contributed by atoms with Gasteiger partial charge in [-0.3, -0.25) is 4.79 Å². The number of fused-ring (bicyclic) bond motifs is 1. The van der Waals surface area contributed by atoms with Crippen LogP contribution < -0.4 is 4.74 Å². The Balaban J connectivity index is 2.32. The zero-order chi connectivity index (χ0) is 12.4. The zero-order valence-electron chi connectivity index (χ0n) is 10.3. The lowest BCUT2D eigenvalue weighted by molar-refractivity contribution is -0.135. The molecule has 2 rings (SSSR count). The van der Waals surface area contributed by atoms with Gasteiger partial charge in [0, 0.05) is 5.56 Å². The van der Waals surface area contributed by atoms with Crippen molar-refractivity contribution in [1.29, 1.82) is 0 Å². The Kier molecular flexibility index (Phi) is 3.36. The molecule has 0 aliphatic carbocycles. The van der Waals surface area contributed by atoms with Crippen LogP contribution in [0.2, 0.25) is 0 Å². The van der Waals surface area contributed by atoms with Gasteiger partial charge < -0.3 is 9.84 Å². The quantitative estimate of drug-likeness (QED) is 0.646. The molecular formula is C14H18O3. The van der Waals surface area contributed by atoms with Crippen molar-refractivity contribution in [3.8, 4) is 11.5 Å². The van der Waals surface area contributed by atoms with Crippen molar-refractivity contribution in [2.75, 3.05) is 0 Å². The summed E-state index contributed by atoms with van der Waals surface area (Å²) in [5.41, 5.74) is 1.81. The van der Waals surface area contributed by atoms with Crippen molar-refractivity contribution < 1.29 is 14.6 Å². The number of phenols is 1. The molecule has 3 heteroatoms. The number of rotatable bonds is 3. The molecule has 1 aliphatic rings. The molecule has 1 heterocycles. The van der Waals surface area contributed by atoms with Crippen LogP contribution >= 0.6 is 0 Å². The number of ether oxygens (including phenoxy) is 1. The normalized spacial score (nSPS) is 14.6. The smallest absolute Gasteiger partial charge is 0.311 e. The molecule has 0 spiro atoms. The van der Waals surface area contributed by atoms with Gasteiger partial charge in [-0.15, -0.1) is 0 Å². The lowest BCUT2D eigenvalue weighted by atomic mass is 9.96. The Hall–Kier alpha value is -1.51. The Morgan fingerprint density at radius 2 is 2.12 bits per heavy atom. The lowest BCUT2D eigenvalue weighted by Gasteiger charge is -2.20. The Morgan fingerprint density at radius 3 is 2.82 bits per heavy atom. The molecule has 1 N–H and O–H groups in total. The minimum absolute atomic E-state index is 0.200. The van der Waals surface area contributed by atoms with Crippen LogP contribution in [-0.2, 0) is 17.6 Å². The van der Waals surface area contributed by atoms with Crippen molar-refractivity contribution in [3.63, 3.8) is 0 Å². The van der Waals surface area contributed by atoms with Crippen molar-refractivity contribution in [1.82, 2.24) is 0 Å². The van der Waals surface area contributed by atoms with Crippen molar-refractivity contribution in [3.05, 3.63) is 23.3 Å². The standard InChI is InChI=1S/C14H18O3/c1-9(2)3-6-11-12(15)7-4-10-5-8-13(16)17-14(10)11/h4,7,9,15H,3,5-6,8H2,1-2H3. The van der Waals surface area contributed by atoms with Crippen molar-refractivity contribution in [2.24, 2.45) is 5.92 Å². The molecule has 0 atom stereocenters. The van der Waals surface area contributed by atoms with Crippen LogP contribution in [0, 0.1) is 5.92 Å². The van der Waals surface area contributed by atoms with Gasteiger partial charge in [-0.1, -0.05) is 19.9 Å². The molecular weight excluding hydrogens is 216 g/mol. The highest BCUT2D eigenvalue weighted by atomic mass is 16.5. The molecule has 0 fully saturated rings. The first-order valence-corrected chi connectivity index (χ1v) is 6.12. The summed E-state index contributed by atoms with van der Waals surface area (Å²) in [6, 6.07) is 3.55. The van der Waals surface area contributed by atoms with Gasteiger partial charge in [-0.2, -0.15) is 0 Å². The van der Waals surface area contributed by atoms with Crippen LogP contribution in [0.5, 0.6) is 11.5 Å². The van der Waals surface area contributed by atoms with Gasteiger partial charge in [-0.25, -0.2) is 0 Å². The summed E-state index contributed by atoms with van der Waals surface area (Å²) < 4.78 is 5.28. The number of carbonyl (C=O) groups is 1. The average Bonchev–Trinajstić information content (AvgIpc) is 2.27. The van der Waals surface area contributed by atoms with Gasteiger partial charge in [0.2, 0.25) is 0 Å². The summed E-state index contributed by atoms with van der Waals surface area (Å²) in [5.74, 6) is 1.19. The van der Waals surface area contributed by atoms with Gasteiger partial charge in [0.15, 0.2) is 0 Å². The highest BCUT2D eigenvalue weighted by molar-refractivity contribution is 5.76. The summed E-state index contributed by atoms with van der Waals surface area (Å²) in [5, 5.41) is 9.87. The van der Waals surface area contributed by atoms with Gasteiger partial charge >= 0.3 is 5.97 Å². The molecule has 92 valence electrons. The summed E-state index contributed by atoms with van der Waals surface area (Å²) in [7, 11) is 0. The van der Waals surface area contributed by atoms with Crippen LogP contribution in [-0.4, -0.2) is 11.1 Å². The topological polar surface area (TPSA) is 46.5 Å². The second-order valence-corrected chi connectivity index (χ2v) is 4.96. The number of aryl methyl sites for hydroxylation is 1. The number of benzene rings is 1. The van der Waals surface area contributed by atoms with E-state index in [1.165, 1.54) is 0 Å². The molecule has 3 nitrogen and oxygen atoms in total. The third-order valence-electron chi connectivity index (χ3n) is 3.10. The number of carbonyl (C=O) groups excluding carboxylic acids is 1. The largest absolute Gasteiger partial charge is 0.508 e. The predicted molar refractivity (Wildman–Crippen MR) is 65.2 cm³/mol. The van der Waals surface area contributed by atoms with Crippen LogP contribution in [0.15, 0.2) is 12.1 Å². The third kappa shape index (κ3) is 2.60. The van der Waals surface area contributed by atoms with E-state index in [2.05, 4.69) is 13.8 Å². The maximum Gasteiger partial charge on any atom is 0.311 e. The van der Waals surface area contributed by atoms with E-state index in [1.807, 2.05) is 6.07 Å². The molecule has 0 saturated heterocycles. The summed E-state index contributed by atoms with van der Waals surface area (Å²) in [6.07, 6.45) is 2.87. The first-order chi connectivity index (χ1) is 8.08. The van der Waals surface area contributed by atoms with Crippen molar-refractivity contribution >= 4 is 5.97 Å². The maximum absolute atomic E-state index is 11.3. The van der Waals surface area contributed by atoms with Gasteiger partial charge in [0.1, 0.15) is 11.5 Å². The van der Waals surface area contributed by atoms with E-state index < -0.39 is 0 Å². The van der Waals surface area contributed by atoms with Crippen LogP contribution in [0.25, 0.3) is 0 Å². The summed E-state index contributed by atoms with van der Waals surface area (Å²) >= 11 is 0.